The van der Waals surface area contributed by atoms with E-state index >= 15 is 0 Å². The topological polar surface area (TPSA) is 72.0 Å². The van der Waals surface area contributed by atoms with E-state index in [9.17, 15) is 12.8 Å². The van der Waals surface area contributed by atoms with Gasteiger partial charge < -0.3 is 14.4 Å². The molecule has 0 bridgehead atoms. The van der Waals surface area contributed by atoms with Crippen LogP contribution in [0.5, 0.6) is 11.5 Å². The molecular weight excluding hydrogens is 477 g/mol. The normalized spacial score (nSPS) is 15.1. The molecule has 0 spiro atoms. The number of hydrogen-bond acceptors (Lipinski definition) is 7. The van der Waals surface area contributed by atoms with Crippen molar-refractivity contribution in [2.75, 3.05) is 45.3 Å². The number of methoxy groups -OCH3 is 2. The first kappa shape index (κ1) is 22.8. The van der Waals surface area contributed by atoms with Crippen LogP contribution in [0.1, 0.15) is 0 Å². The zero-order valence-corrected chi connectivity index (χ0v) is 19.8. The number of sulfonamides is 1. The predicted molar refractivity (Wildman–Crippen MR) is 123 cm³/mol. The highest BCUT2D eigenvalue weighted by Gasteiger charge is 2.32. The minimum absolute atomic E-state index is 0.0452. The van der Waals surface area contributed by atoms with Crippen molar-refractivity contribution in [3.8, 4) is 22.8 Å². The van der Waals surface area contributed by atoms with Crippen LogP contribution in [0.4, 0.5) is 9.52 Å². The van der Waals surface area contributed by atoms with Crippen LogP contribution in [0.2, 0.25) is 5.02 Å². The maximum absolute atomic E-state index is 13.4. The van der Waals surface area contributed by atoms with Crippen molar-refractivity contribution in [3.05, 3.63) is 52.6 Å². The molecule has 1 aromatic heterocycles. The number of nitrogens with zero attached hydrogens (tertiary/aromatic N) is 3. The summed E-state index contributed by atoms with van der Waals surface area (Å²) in [5.74, 6) is 0.242. The average Bonchev–Trinajstić information content (AvgIpc) is 3.31. The first-order valence-electron chi connectivity index (χ1n) is 9.71. The lowest BCUT2D eigenvalue weighted by atomic mass is 10.2. The van der Waals surface area contributed by atoms with Crippen LogP contribution in [0, 0.1) is 5.82 Å². The summed E-state index contributed by atoms with van der Waals surface area (Å²) in [5.41, 5.74) is 1.42. The molecule has 0 atom stereocenters. The molecule has 1 saturated heterocycles. The minimum Gasteiger partial charge on any atom is -0.497 e. The number of thiazole rings is 1. The number of halogens is 2. The quantitative estimate of drug-likeness (QED) is 0.510. The Morgan fingerprint density at radius 2 is 1.81 bits per heavy atom. The Morgan fingerprint density at radius 3 is 2.47 bits per heavy atom. The summed E-state index contributed by atoms with van der Waals surface area (Å²) in [7, 11) is -0.832. The Labute approximate surface area is 195 Å². The highest BCUT2D eigenvalue weighted by molar-refractivity contribution is 7.89. The molecule has 0 radical (unpaired) electrons. The van der Waals surface area contributed by atoms with Gasteiger partial charge in [-0.3, -0.25) is 0 Å². The van der Waals surface area contributed by atoms with Crippen LogP contribution in [0.15, 0.2) is 46.7 Å². The highest BCUT2D eigenvalue weighted by Crippen LogP contribution is 2.33. The number of rotatable bonds is 6. The number of ether oxygens (including phenoxy) is 2. The molecule has 0 aliphatic carbocycles. The molecule has 7 nitrogen and oxygen atoms in total. The van der Waals surface area contributed by atoms with Gasteiger partial charge in [-0.2, -0.15) is 4.31 Å². The molecule has 3 aromatic rings. The number of hydrogen-bond donors (Lipinski definition) is 0. The average molecular weight is 498 g/mol. The molecule has 2 aromatic carbocycles. The number of aromatic nitrogens is 1. The largest absolute Gasteiger partial charge is 0.497 e. The maximum atomic E-state index is 13.4. The fourth-order valence-corrected chi connectivity index (χ4v) is 6.10. The SMILES string of the molecule is COc1ccc(OC)c(S(=O)(=O)N2CCN(c3nc(-c4ccc(F)c(Cl)c4)cs3)CC2)c1. The molecule has 11 heteroatoms. The summed E-state index contributed by atoms with van der Waals surface area (Å²) in [6.07, 6.45) is 0. The van der Waals surface area contributed by atoms with Gasteiger partial charge in [0, 0.05) is 43.2 Å². The third-order valence-electron chi connectivity index (χ3n) is 5.21. The van der Waals surface area contributed by atoms with Crippen molar-refractivity contribution < 1.29 is 22.3 Å². The van der Waals surface area contributed by atoms with E-state index < -0.39 is 15.8 Å². The summed E-state index contributed by atoms with van der Waals surface area (Å²) < 4.78 is 51.8. The van der Waals surface area contributed by atoms with Gasteiger partial charge in [0.15, 0.2) is 5.13 Å². The van der Waals surface area contributed by atoms with Gasteiger partial charge in [-0.15, -0.1) is 11.3 Å². The second-order valence-electron chi connectivity index (χ2n) is 7.05. The van der Waals surface area contributed by atoms with Crippen molar-refractivity contribution in [1.82, 2.24) is 9.29 Å². The van der Waals surface area contributed by atoms with Gasteiger partial charge in [0.25, 0.3) is 0 Å². The van der Waals surface area contributed by atoms with E-state index in [0.717, 1.165) is 10.7 Å². The lowest BCUT2D eigenvalue weighted by Gasteiger charge is -2.34. The van der Waals surface area contributed by atoms with Gasteiger partial charge >= 0.3 is 0 Å². The van der Waals surface area contributed by atoms with Crippen molar-refractivity contribution in [2.45, 2.75) is 4.90 Å². The smallest absolute Gasteiger partial charge is 0.247 e. The van der Waals surface area contributed by atoms with E-state index in [0.29, 0.717) is 37.6 Å². The molecule has 170 valence electrons. The molecule has 4 rings (SSSR count). The van der Waals surface area contributed by atoms with Gasteiger partial charge in [0.2, 0.25) is 10.0 Å². The van der Waals surface area contributed by atoms with Crippen molar-refractivity contribution in [2.24, 2.45) is 0 Å². The van der Waals surface area contributed by atoms with Crippen LogP contribution in [-0.4, -0.2) is 58.1 Å². The fraction of sp³-hybridized carbons (Fsp3) is 0.286. The zero-order valence-electron chi connectivity index (χ0n) is 17.4. The van der Waals surface area contributed by atoms with E-state index in [1.165, 1.54) is 42.0 Å². The summed E-state index contributed by atoms with van der Waals surface area (Å²) in [6, 6.07) is 9.20. The maximum Gasteiger partial charge on any atom is 0.247 e. The van der Waals surface area contributed by atoms with Crippen LogP contribution >= 0.6 is 22.9 Å². The van der Waals surface area contributed by atoms with E-state index in [4.69, 9.17) is 21.1 Å². The summed E-state index contributed by atoms with van der Waals surface area (Å²) >= 11 is 7.33. The van der Waals surface area contributed by atoms with Gasteiger partial charge in [-0.25, -0.2) is 17.8 Å². The third-order valence-corrected chi connectivity index (χ3v) is 8.32. The molecule has 2 heterocycles. The fourth-order valence-electron chi connectivity index (χ4n) is 3.44. The molecule has 1 aliphatic rings. The van der Waals surface area contributed by atoms with Crippen LogP contribution in [0.3, 0.4) is 0 Å². The van der Waals surface area contributed by atoms with E-state index in [2.05, 4.69) is 4.98 Å². The van der Waals surface area contributed by atoms with Gasteiger partial charge in [0.1, 0.15) is 22.2 Å². The molecular formula is C21H21ClFN3O4S2. The van der Waals surface area contributed by atoms with E-state index in [1.54, 1.807) is 24.3 Å². The molecule has 0 saturated carbocycles. The predicted octanol–water partition coefficient (Wildman–Crippen LogP) is 4.13. The Kier molecular flexibility index (Phi) is 6.57. The molecule has 1 aliphatic heterocycles. The van der Waals surface area contributed by atoms with Crippen molar-refractivity contribution >= 4 is 38.1 Å². The van der Waals surface area contributed by atoms with Gasteiger partial charge in [-0.1, -0.05) is 11.6 Å². The Morgan fingerprint density at radius 1 is 1.06 bits per heavy atom. The molecule has 0 unspecified atom stereocenters. The lowest BCUT2D eigenvalue weighted by molar-refractivity contribution is 0.370. The molecule has 32 heavy (non-hydrogen) atoms. The van der Waals surface area contributed by atoms with Crippen LogP contribution in [-0.2, 0) is 10.0 Å². The Bertz CT molecular complexity index is 1230. The van der Waals surface area contributed by atoms with Crippen molar-refractivity contribution in [1.29, 1.82) is 0 Å². The second-order valence-corrected chi connectivity index (χ2v) is 10.2. The lowest BCUT2D eigenvalue weighted by Crippen LogP contribution is -2.48. The molecule has 0 amide bonds. The highest BCUT2D eigenvalue weighted by atomic mass is 35.5. The first-order chi connectivity index (χ1) is 15.3. The molecule has 1 fully saturated rings. The summed E-state index contributed by atoms with van der Waals surface area (Å²) in [5, 5.41) is 2.70. The first-order valence-corrected chi connectivity index (χ1v) is 12.4. The Hall–Kier alpha value is -2.40. The second kappa shape index (κ2) is 9.22. The third kappa shape index (κ3) is 4.40. The number of benzene rings is 2. The van der Waals surface area contributed by atoms with Gasteiger partial charge in [0.05, 0.1) is 24.9 Å². The monoisotopic (exact) mass is 497 g/mol. The summed E-state index contributed by atoms with van der Waals surface area (Å²) in [4.78, 5) is 6.75. The summed E-state index contributed by atoms with van der Waals surface area (Å²) in [6.45, 7) is 1.59. The number of piperazine rings is 1. The Balaban J connectivity index is 1.49. The van der Waals surface area contributed by atoms with E-state index in [-0.39, 0.29) is 15.7 Å². The zero-order chi connectivity index (χ0) is 22.9. The minimum atomic E-state index is -3.76. The molecule has 0 N–H and O–H groups in total. The van der Waals surface area contributed by atoms with Crippen LogP contribution in [0.25, 0.3) is 11.3 Å². The van der Waals surface area contributed by atoms with Crippen LogP contribution < -0.4 is 14.4 Å². The van der Waals surface area contributed by atoms with E-state index in [1.807, 2.05) is 10.3 Å². The van der Waals surface area contributed by atoms with Crippen molar-refractivity contribution in [3.63, 3.8) is 0 Å². The number of anilines is 1. The standard InChI is InChI=1S/C21H21ClFN3O4S2/c1-29-15-4-6-19(30-2)20(12-15)32(27,28)26-9-7-25(8-10-26)21-24-18(13-31-21)14-3-5-17(23)16(22)11-14/h3-6,11-13H,7-10H2,1-2H3. The van der Waals surface area contributed by atoms with Gasteiger partial charge in [-0.05, 0) is 30.3 Å².